The maximum atomic E-state index is 9.15. The van der Waals surface area contributed by atoms with Crippen molar-refractivity contribution in [2.75, 3.05) is 6.61 Å². The van der Waals surface area contributed by atoms with Crippen molar-refractivity contribution in [2.45, 2.75) is 64.6 Å². The number of rotatable bonds is 1. The van der Waals surface area contributed by atoms with Crippen molar-refractivity contribution in [2.24, 2.45) is 11.3 Å². The Labute approximate surface area is 93.0 Å². The second kappa shape index (κ2) is 3.74. The molecule has 0 bridgehead atoms. The Bertz CT molecular complexity index is 237. The van der Waals surface area contributed by atoms with Crippen LogP contribution in [0.1, 0.15) is 52.9 Å². The van der Waals surface area contributed by atoms with Crippen LogP contribution >= 0.6 is 0 Å². The van der Waals surface area contributed by atoms with Gasteiger partial charge in [-0.2, -0.15) is 0 Å². The van der Waals surface area contributed by atoms with Gasteiger partial charge < -0.3 is 9.84 Å². The van der Waals surface area contributed by atoms with Gasteiger partial charge in [0.15, 0.2) is 0 Å². The molecule has 0 aromatic rings. The predicted molar refractivity (Wildman–Crippen MR) is 60.7 cm³/mol. The second-order valence-corrected chi connectivity index (χ2v) is 6.50. The van der Waals surface area contributed by atoms with Crippen molar-refractivity contribution < 1.29 is 9.84 Å². The minimum atomic E-state index is 0.0918. The molecule has 0 unspecified atom stereocenters. The molecule has 2 aliphatic rings. The quantitative estimate of drug-likeness (QED) is 0.724. The molecule has 1 heterocycles. The van der Waals surface area contributed by atoms with Gasteiger partial charge >= 0.3 is 0 Å². The number of aliphatic hydroxyl groups excluding tert-OH is 1. The van der Waals surface area contributed by atoms with Gasteiger partial charge in [-0.3, -0.25) is 0 Å². The summed E-state index contributed by atoms with van der Waals surface area (Å²) in [4.78, 5) is 0. The van der Waals surface area contributed by atoms with Gasteiger partial charge in [0.25, 0.3) is 0 Å². The van der Waals surface area contributed by atoms with Crippen molar-refractivity contribution in [3.05, 3.63) is 0 Å². The summed E-state index contributed by atoms with van der Waals surface area (Å²) in [5.41, 5.74) is 0.497. The summed E-state index contributed by atoms with van der Waals surface area (Å²) >= 11 is 0. The molecular formula is C13H24O2. The first-order chi connectivity index (χ1) is 6.95. The standard InChI is InChI=1S/C13H24O2/c1-10-6-12(2,3)9-13(7-10)5-4-11(8-14)15-13/h10-11,14H,4-9H2,1-3H3/t10-,11+,13+/m1/s1. The molecule has 0 aromatic carbocycles. The van der Waals surface area contributed by atoms with Gasteiger partial charge in [-0.25, -0.2) is 0 Å². The molecule has 3 atom stereocenters. The second-order valence-electron chi connectivity index (χ2n) is 6.50. The topological polar surface area (TPSA) is 29.5 Å². The lowest BCUT2D eigenvalue weighted by Gasteiger charge is -2.45. The zero-order valence-electron chi connectivity index (χ0n) is 10.3. The lowest BCUT2D eigenvalue weighted by Crippen LogP contribution is -2.42. The molecule has 1 aliphatic heterocycles. The average Bonchev–Trinajstić information content (AvgIpc) is 2.44. The van der Waals surface area contributed by atoms with Crippen LogP contribution in [0.4, 0.5) is 0 Å². The summed E-state index contributed by atoms with van der Waals surface area (Å²) in [6.45, 7) is 7.22. The smallest absolute Gasteiger partial charge is 0.0814 e. The van der Waals surface area contributed by atoms with E-state index in [9.17, 15) is 0 Å². The molecule has 1 spiro atoms. The van der Waals surface area contributed by atoms with Crippen molar-refractivity contribution >= 4 is 0 Å². The molecule has 1 saturated heterocycles. The molecule has 2 fully saturated rings. The van der Waals surface area contributed by atoms with Crippen molar-refractivity contribution in [1.82, 2.24) is 0 Å². The van der Waals surface area contributed by atoms with E-state index in [-0.39, 0.29) is 18.3 Å². The molecule has 2 rings (SSSR count). The van der Waals surface area contributed by atoms with E-state index in [1.54, 1.807) is 0 Å². The SMILES string of the molecule is C[C@@H]1CC(C)(C)C[C@]2(CC[C@@H](CO)O2)C1. The summed E-state index contributed by atoms with van der Waals surface area (Å²) in [5, 5.41) is 9.15. The van der Waals surface area contributed by atoms with Crippen LogP contribution in [0.15, 0.2) is 0 Å². The van der Waals surface area contributed by atoms with E-state index in [4.69, 9.17) is 9.84 Å². The van der Waals surface area contributed by atoms with Crippen LogP contribution in [0.5, 0.6) is 0 Å². The molecule has 1 N–H and O–H groups in total. The van der Waals surface area contributed by atoms with Gasteiger partial charge in [-0.1, -0.05) is 20.8 Å². The predicted octanol–water partition coefficient (Wildman–Crippen LogP) is 2.74. The van der Waals surface area contributed by atoms with Crippen LogP contribution in [-0.2, 0) is 4.74 Å². The van der Waals surface area contributed by atoms with Gasteiger partial charge in [-0.15, -0.1) is 0 Å². The highest BCUT2D eigenvalue weighted by atomic mass is 16.5. The molecule has 1 saturated carbocycles. The third-order valence-corrected chi connectivity index (χ3v) is 3.96. The molecule has 2 heteroatoms. The van der Waals surface area contributed by atoms with Crippen molar-refractivity contribution in [3.8, 4) is 0 Å². The zero-order valence-corrected chi connectivity index (χ0v) is 10.3. The number of hydrogen-bond acceptors (Lipinski definition) is 2. The van der Waals surface area contributed by atoms with Gasteiger partial charge in [-0.05, 0) is 43.4 Å². The molecule has 0 radical (unpaired) electrons. The van der Waals surface area contributed by atoms with Gasteiger partial charge in [0.05, 0.1) is 18.3 Å². The Morgan fingerprint density at radius 1 is 1.33 bits per heavy atom. The fourth-order valence-electron chi connectivity index (χ4n) is 3.97. The Morgan fingerprint density at radius 2 is 2.07 bits per heavy atom. The minimum Gasteiger partial charge on any atom is -0.394 e. The zero-order chi connectivity index (χ0) is 11.1. The first-order valence-electron chi connectivity index (χ1n) is 6.23. The van der Waals surface area contributed by atoms with E-state index in [1.165, 1.54) is 19.3 Å². The largest absolute Gasteiger partial charge is 0.394 e. The average molecular weight is 212 g/mol. The fourth-order valence-corrected chi connectivity index (χ4v) is 3.97. The van der Waals surface area contributed by atoms with Crippen LogP contribution in [0, 0.1) is 11.3 Å². The minimum absolute atomic E-state index is 0.0918. The number of hydrogen-bond donors (Lipinski definition) is 1. The molecule has 0 amide bonds. The van der Waals surface area contributed by atoms with E-state index >= 15 is 0 Å². The van der Waals surface area contributed by atoms with Crippen LogP contribution in [0.2, 0.25) is 0 Å². The number of aliphatic hydroxyl groups is 1. The Morgan fingerprint density at radius 3 is 2.60 bits per heavy atom. The highest BCUT2D eigenvalue weighted by molar-refractivity contribution is 4.98. The molecular weight excluding hydrogens is 188 g/mol. The van der Waals surface area contributed by atoms with Crippen LogP contribution in [-0.4, -0.2) is 23.4 Å². The first-order valence-corrected chi connectivity index (χ1v) is 6.23. The maximum Gasteiger partial charge on any atom is 0.0814 e. The Hall–Kier alpha value is -0.0800. The number of ether oxygens (including phenoxy) is 1. The van der Waals surface area contributed by atoms with E-state index in [1.807, 2.05) is 0 Å². The third kappa shape index (κ3) is 2.36. The van der Waals surface area contributed by atoms with Crippen LogP contribution in [0.25, 0.3) is 0 Å². The van der Waals surface area contributed by atoms with Gasteiger partial charge in [0.2, 0.25) is 0 Å². The highest BCUT2D eigenvalue weighted by Crippen LogP contribution is 2.50. The van der Waals surface area contributed by atoms with Crippen molar-refractivity contribution in [3.63, 3.8) is 0 Å². The molecule has 15 heavy (non-hydrogen) atoms. The summed E-state index contributed by atoms with van der Waals surface area (Å²) in [5.74, 6) is 0.756. The van der Waals surface area contributed by atoms with Crippen molar-refractivity contribution in [1.29, 1.82) is 0 Å². The molecule has 88 valence electrons. The van der Waals surface area contributed by atoms with Crippen LogP contribution < -0.4 is 0 Å². The van der Waals surface area contributed by atoms with E-state index < -0.39 is 0 Å². The summed E-state index contributed by atoms with van der Waals surface area (Å²) < 4.78 is 6.10. The first kappa shape index (κ1) is 11.4. The third-order valence-electron chi connectivity index (χ3n) is 3.96. The maximum absolute atomic E-state index is 9.15. The molecule has 2 nitrogen and oxygen atoms in total. The normalized spacial score (nSPS) is 44.8. The lowest BCUT2D eigenvalue weighted by atomic mass is 9.65. The van der Waals surface area contributed by atoms with Crippen LogP contribution in [0.3, 0.4) is 0 Å². The molecule has 1 aliphatic carbocycles. The van der Waals surface area contributed by atoms with E-state index in [0.717, 1.165) is 18.8 Å². The lowest BCUT2D eigenvalue weighted by molar-refractivity contribution is -0.113. The summed E-state index contributed by atoms with van der Waals surface area (Å²) in [7, 11) is 0. The van der Waals surface area contributed by atoms with Gasteiger partial charge in [0, 0.05) is 0 Å². The Balaban J connectivity index is 2.08. The van der Waals surface area contributed by atoms with E-state index in [2.05, 4.69) is 20.8 Å². The van der Waals surface area contributed by atoms with Gasteiger partial charge in [0.1, 0.15) is 0 Å². The summed E-state index contributed by atoms with van der Waals surface area (Å²) in [6.07, 6.45) is 5.95. The highest BCUT2D eigenvalue weighted by Gasteiger charge is 2.47. The molecule has 0 aromatic heterocycles. The van der Waals surface area contributed by atoms with E-state index in [0.29, 0.717) is 5.41 Å². The fraction of sp³-hybridized carbons (Fsp3) is 1.00. The summed E-state index contributed by atoms with van der Waals surface area (Å²) in [6, 6.07) is 0. The monoisotopic (exact) mass is 212 g/mol. The Kier molecular flexibility index (Phi) is 2.85.